The maximum Gasteiger partial charge on any atom is 0.219 e. The van der Waals surface area contributed by atoms with E-state index in [1.54, 1.807) is 43.0 Å². The van der Waals surface area contributed by atoms with E-state index in [2.05, 4.69) is 9.88 Å². The number of rotatable bonds is 6. The van der Waals surface area contributed by atoms with Crippen LogP contribution in [0.4, 0.5) is 18.9 Å². The van der Waals surface area contributed by atoms with E-state index >= 15 is 4.39 Å². The molecule has 6 nitrogen and oxygen atoms in total. The van der Waals surface area contributed by atoms with Crippen LogP contribution in [-0.4, -0.2) is 46.5 Å². The van der Waals surface area contributed by atoms with Gasteiger partial charge in [-0.3, -0.25) is 9.36 Å². The normalized spacial score (nSPS) is 15.5. The lowest BCUT2D eigenvalue weighted by Gasteiger charge is -2.35. The summed E-state index contributed by atoms with van der Waals surface area (Å²) in [4.78, 5) is 20.3. The van der Waals surface area contributed by atoms with E-state index in [0.29, 0.717) is 43.0 Å². The van der Waals surface area contributed by atoms with Crippen LogP contribution in [0.1, 0.15) is 43.2 Å². The number of aromatic nitrogens is 2. The number of aryl methyl sites for hydroxylation is 1. The van der Waals surface area contributed by atoms with Gasteiger partial charge in [0.05, 0.1) is 11.0 Å². The Morgan fingerprint density at radius 3 is 2.37 bits per heavy atom. The first-order valence-electron chi connectivity index (χ1n) is 12.6. The highest BCUT2D eigenvalue weighted by atomic mass is 19.2. The number of benzene rings is 3. The third-order valence-electron chi connectivity index (χ3n) is 7.00. The summed E-state index contributed by atoms with van der Waals surface area (Å²) in [6.45, 7) is 7.13. The first kappa shape index (κ1) is 25.6. The number of fused-ring (bicyclic) bond motifs is 1. The number of nitrogens with zero attached hydrogens (tertiary/aromatic N) is 4. The van der Waals surface area contributed by atoms with Crippen molar-refractivity contribution in [3.8, 4) is 5.75 Å². The zero-order valence-corrected chi connectivity index (χ0v) is 21.5. The summed E-state index contributed by atoms with van der Waals surface area (Å²) in [5, 5.41) is 0. The number of carbonyl (C=O) groups excluding carboxylic acids is 1. The number of hydrogen-bond donors (Lipinski definition) is 0. The van der Waals surface area contributed by atoms with E-state index in [0.717, 1.165) is 5.69 Å². The highest BCUT2D eigenvalue weighted by Crippen LogP contribution is 2.35. The van der Waals surface area contributed by atoms with Crippen LogP contribution < -0.4 is 9.64 Å². The van der Waals surface area contributed by atoms with Crippen LogP contribution in [0.15, 0.2) is 60.7 Å². The van der Waals surface area contributed by atoms with E-state index in [1.807, 2.05) is 24.3 Å². The van der Waals surface area contributed by atoms with Gasteiger partial charge < -0.3 is 14.5 Å². The lowest BCUT2D eigenvalue weighted by atomic mass is 10.1. The molecule has 0 N–H and O–H groups in total. The molecule has 0 aliphatic carbocycles. The molecule has 0 radical (unpaired) electrons. The number of alkyl halides is 1. The molecule has 1 aliphatic heterocycles. The molecule has 1 fully saturated rings. The Labute approximate surface area is 219 Å². The maximum absolute atomic E-state index is 16.3. The van der Waals surface area contributed by atoms with Crippen LogP contribution in [0.25, 0.3) is 11.0 Å². The number of carbonyl (C=O) groups is 1. The molecule has 3 aromatic carbocycles. The maximum atomic E-state index is 16.3. The van der Waals surface area contributed by atoms with Crippen LogP contribution in [0, 0.1) is 18.6 Å². The third kappa shape index (κ3) is 4.80. The van der Waals surface area contributed by atoms with Gasteiger partial charge in [-0.05, 0) is 49.7 Å². The predicted molar refractivity (Wildman–Crippen MR) is 140 cm³/mol. The van der Waals surface area contributed by atoms with Gasteiger partial charge in [-0.2, -0.15) is 0 Å². The van der Waals surface area contributed by atoms with Crippen LogP contribution in [-0.2, 0) is 4.79 Å². The summed E-state index contributed by atoms with van der Waals surface area (Å²) in [6, 6.07) is 17.2. The van der Waals surface area contributed by atoms with Gasteiger partial charge in [-0.1, -0.05) is 30.3 Å². The molecule has 38 heavy (non-hydrogen) atoms. The lowest BCUT2D eigenvalue weighted by Crippen LogP contribution is -2.48. The van der Waals surface area contributed by atoms with Gasteiger partial charge >= 0.3 is 0 Å². The molecule has 198 valence electrons. The van der Waals surface area contributed by atoms with Crippen LogP contribution in [0.5, 0.6) is 5.75 Å². The minimum Gasteiger partial charge on any atom is -0.483 e. The zero-order valence-electron chi connectivity index (χ0n) is 21.5. The number of amides is 1. The van der Waals surface area contributed by atoms with Crippen molar-refractivity contribution in [1.82, 2.24) is 14.5 Å². The fourth-order valence-electron chi connectivity index (χ4n) is 4.84. The van der Waals surface area contributed by atoms with Gasteiger partial charge in [-0.25, -0.2) is 18.2 Å². The Hall–Kier alpha value is -4.01. The van der Waals surface area contributed by atoms with E-state index < -0.39 is 29.6 Å². The number of hydrogen-bond acceptors (Lipinski definition) is 4. The summed E-state index contributed by atoms with van der Waals surface area (Å²) in [5.41, 5.74) is 1.45. The van der Waals surface area contributed by atoms with Crippen molar-refractivity contribution in [3.63, 3.8) is 0 Å². The van der Waals surface area contributed by atoms with Crippen molar-refractivity contribution in [2.45, 2.75) is 33.2 Å². The predicted octanol–water partition coefficient (Wildman–Crippen LogP) is 5.95. The Bertz CT molecular complexity index is 1470. The molecule has 1 aliphatic rings. The largest absolute Gasteiger partial charge is 0.483 e. The zero-order chi connectivity index (χ0) is 27.0. The van der Waals surface area contributed by atoms with Crippen LogP contribution in [0.3, 0.4) is 0 Å². The summed E-state index contributed by atoms with van der Waals surface area (Å²) in [6.07, 6.45) is -2.74. The van der Waals surface area contributed by atoms with E-state index in [9.17, 15) is 13.6 Å². The molecule has 9 heteroatoms. The second-order valence-corrected chi connectivity index (χ2v) is 9.51. The van der Waals surface area contributed by atoms with Crippen LogP contribution >= 0.6 is 0 Å². The first-order valence-corrected chi connectivity index (χ1v) is 12.6. The molecule has 0 bridgehead atoms. The summed E-state index contributed by atoms with van der Waals surface area (Å²) < 4.78 is 53.0. The van der Waals surface area contributed by atoms with E-state index in [4.69, 9.17) is 4.74 Å². The number of ether oxygens (including phenoxy) is 1. The Kier molecular flexibility index (Phi) is 7.01. The number of imidazole rings is 1. The monoisotopic (exact) mass is 522 g/mol. The number of halogens is 3. The van der Waals surface area contributed by atoms with Crippen molar-refractivity contribution in [2.75, 3.05) is 31.1 Å². The smallest absolute Gasteiger partial charge is 0.219 e. The molecule has 2 unspecified atom stereocenters. The number of para-hydroxylation sites is 1. The minimum atomic E-state index is -2.04. The molecule has 0 saturated carbocycles. The van der Waals surface area contributed by atoms with Gasteiger partial charge in [0.15, 0.2) is 23.6 Å². The quantitative estimate of drug-likeness (QED) is 0.314. The Morgan fingerprint density at radius 2 is 1.68 bits per heavy atom. The van der Waals surface area contributed by atoms with Crippen molar-refractivity contribution < 1.29 is 22.7 Å². The molecule has 0 spiro atoms. The fraction of sp³-hybridized carbons (Fsp3) is 0.310. The second kappa shape index (κ2) is 10.4. The summed E-state index contributed by atoms with van der Waals surface area (Å²) in [7, 11) is 0. The first-order chi connectivity index (χ1) is 18.2. The number of anilines is 1. The summed E-state index contributed by atoms with van der Waals surface area (Å²) in [5.74, 6) is -1.45. The Morgan fingerprint density at radius 1 is 0.974 bits per heavy atom. The molecule has 2 heterocycles. The standard InChI is InChI=1S/C29H29F3N4O2/c1-18-9-11-23(27(31)26(18)30)28(32)36-25-17-21(35-15-13-34(14-16-35)20(3)37)10-12-24(25)33-29(36)19(2)38-22-7-5-4-6-8-22/h4-12,17,19,28H,13-16H2,1-3H3. The molecule has 1 amide bonds. The van der Waals surface area contributed by atoms with E-state index in [-0.39, 0.29) is 17.3 Å². The van der Waals surface area contributed by atoms with Crippen molar-refractivity contribution in [2.24, 2.45) is 0 Å². The van der Waals surface area contributed by atoms with Crippen molar-refractivity contribution in [1.29, 1.82) is 0 Å². The molecule has 1 aromatic heterocycles. The lowest BCUT2D eigenvalue weighted by molar-refractivity contribution is -0.129. The average Bonchev–Trinajstić information content (AvgIpc) is 3.31. The summed E-state index contributed by atoms with van der Waals surface area (Å²) >= 11 is 0. The minimum absolute atomic E-state index is 0.0304. The van der Waals surface area contributed by atoms with Gasteiger partial charge in [0.2, 0.25) is 12.2 Å². The molecular weight excluding hydrogens is 493 g/mol. The molecular formula is C29H29F3N4O2. The van der Waals surface area contributed by atoms with Gasteiger partial charge in [-0.15, -0.1) is 0 Å². The molecule has 1 saturated heterocycles. The topological polar surface area (TPSA) is 50.6 Å². The molecule has 2 atom stereocenters. The third-order valence-corrected chi connectivity index (χ3v) is 7.00. The second-order valence-electron chi connectivity index (χ2n) is 9.51. The highest BCUT2D eigenvalue weighted by molar-refractivity contribution is 5.81. The SMILES string of the molecule is CC(=O)N1CCN(c2ccc3nc(C(C)Oc4ccccc4)n(C(F)c4ccc(C)c(F)c4F)c3c2)CC1. The van der Waals surface area contributed by atoms with Gasteiger partial charge in [0.25, 0.3) is 0 Å². The van der Waals surface area contributed by atoms with E-state index in [1.165, 1.54) is 23.6 Å². The average molecular weight is 523 g/mol. The molecule has 4 aromatic rings. The van der Waals surface area contributed by atoms with Gasteiger partial charge in [0.1, 0.15) is 5.75 Å². The number of piperazine rings is 1. The molecule has 5 rings (SSSR count). The Balaban J connectivity index is 1.58. The van der Waals surface area contributed by atoms with Crippen molar-refractivity contribution in [3.05, 3.63) is 89.2 Å². The van der Waals surface area contributed by atoms with Gasteiger partial charge in [0, 0.05) is 44.4 Å². The van der Waals surface area contributed by atoms with Crippen LogP contribution in [0.2, 0.25) is 0 Å². The highest BCUT2D eigenvalue weighted by Gasteiger charge is 2.29. The van der Waals surface area contributed by atoms with Crippen molar-refractivity contribution >= 4 is 22.6 Å². The fourth-order valence-corrected chi connectivity index (χ4v) is 4.84.